The van der Waals surface area contributed by atoms with Crippen molar-refractivity contribution in [3.8, 4) is 17.6 Å². The number of nitriles is 1. The second-order valence-electron chi connectivity index (χ2n) is 3.66. The van der Waals surface area contributed by atoms with Gasteiger partial charge in [-0.3, -0.25) is 0 Å². The van der Waals surface area contributed by atoms with Crippen LogP contribution in [0.1, 0.15) is 11.1 Å². The summed E-state index contributed by atoms with van der Waals surface area (Å²) in [6, 6.07) is 12.6. The van der Waals surface area contributed by atoms with Crippen LogP contribution in [0.25, 0.3) is 0 Å². The van der Waals surface area contributed by atoms with E-state index in [-0.39, 0.29) is 12.2 Å². The summed E-state index contributed by atoms with van der Waals surface area (Å²) in [7, 11) is 0. The second-order valence-corrected chi connectivity index (χ2v) is 3.66. The molecular weight excluding hydrogens is 233 g/mol. The van der Waals surface area contributed by atoms with E-state index in [1.165, 1.54) is 18.2 Å². The maximum atomic E-state index is 13.3. The number of ether oxygens (including phenoxy) is 1. The van der Waals surface area contributed by atoms with Gasteiger partial charge in [-0.15, -0.1) is 0 Å². The molecule has 0 fully saturated rings. The first-order valence-electron chi connectivity index (χ1n) is 5.30. The summed E-state index contributed by atoms with van der Waals surface area (Å²) in [5.74, 6) is 0.251. The van der Waals surface area contributed by atoms with Crippen molar-refractivity contribution >= 4 is 0 Å². The van der Waals surface area contributed by atoms with E-state index in [9.17, 15) is 4.39 Å². The minimum atomic E-state index is -0.609. The summed E-state index contributed by atoms with van der Waals surface area (Å²) in [4.78, 5) is 0. The van der Waals surface area contributed by atoms with Gasteiger partial charge in [-0.1, -0.05) is 12.1 Å². The third-order valence-corrected chi connectivity index (χ3v) is 2.40. The largest absolute Gasteiger partial charge is 0.457 e. The number of hydrogen-bond donors (Lipinski definition) is 1. The first kappa shape index (κ1) is 12.1. The highest BCUT2D eigenvalue weighted by Gasteiger charge is 2.04. The fourth-order valence-corrected chi connectivity index (χ4v) is 1.45. The van der Waals surface area contributed by atoms with Crippen LogP contribution < -0.4 is 4.74 Å². The van der Waals surface area contributed by atoms with Crippen molar-refractivity contribution in [2.24, 2.45) is 0 Å². The molecule has 0 aliphatic rings. The van der Waals surface area contributed by atoms with E-state index in [0.29, 0.717) is 11.5 Å². The highest BCUT2D eigenvalue weighted by molar-refractivity contribution is 5.39. The minimum Gasteiger partial charge on any atom is -0.457 e. The summed E-state index contributed by atoms with van der Waals surface area (Å²) in [5.41, 5.74) is 0.756. The first-order valence-corrected chi connectivity index (χ1v) is 5.30. The van der Waals surface area contributed by atoms with Gasteiger partial charge in [-0.05, 0) is 29.8 Å². The van der Waals surface area contributed by atoms with Crippen LogP contribution in [-0.4, -0.2) is 5.11 Å². The lowest BCUT2D eigenvalue weighted by Crippen LogP contribution is -1.89. The molecule has 2 aromatic rings. The normalized spacial score (nSPS) is 9.83. The zero-order valence-electron chi connectivity index (χ0n) is 9.43. The number of hydrogen-bond acceptors (Lipinski definition) is 3. The van der Waals surface area contributed by atoms with Crippen LogP contribution >= 0.6 is 0 Å². The maximum Gasteiger partial charge on any atom is 0.144 e. The van der Waals surface area contributed by atoms with Gasteiger partial charge in [0.2, 0.25) is 0 Å². The average molecular weight is 243 g/mol. The van der Waals surface area contributed by atoms with Crippen LogP contribution in [0.15, 0.2) is 42.5 Å². The number of benzene rings is 2. The van der Waals surface area contributed by atoms with E-state index in [1.807, 2.05) is 0 Å². The van der Waals surface area contributed by atoms with Crippen molar-refractivity contribution in [1.82, 2.24) is 0 Å². The molecular formula is C14H10FNO2. The third kappa shape index (κ3) is 2.65. The molecule has 90 valence electrons. The zero-order valence-corrected chi connectivity index (χ0v) is 9.43. The Morgan fingerprint density at radius 2 is 1.78 bits per heavy atom. The topological polar surface area (TPSA) is 53.2 Å². The molecule has 2 rings (SSSR count). The molecule has 2 aromatic carbocycles. The van der Waals surface area contributed by atoms with Crippen LogP contribution in [0.2, 0.25) is 0 Å². The summed E-state index contributed by atoms with van der Waals surface area (Å²) in [5, 5.41) is 17.5. The predicted octanol–water partition coefficient (Wildman–Crippen LogP) is 2.98. The van der Waals surface area contributed by atoms with Crippen LogP contribution in [0, 0.1) is 17.1 Å². The number of aliphatic hydroxyl groups excluding tert-OH is 1. The molecule has 0 unspecified atom stereocenters. The molecule has 0 heterocycles. The lowest BCUT2D eigenvalue weighted by Gasteiger charge is -2.06. The van der Waals surface area contributed by atoms with Gasteiger partial charge in [0, 0.05) is 6.07 Å². The van der Waals surface area contributed by atoms with Crippen molar-refractivity contribution in [3.63, 3.8) is 0 Å². The molecule has 0 aromatic heterocycles. The van der Waals surface area contributed by atoms with Crippen molar-refractivity contribution < 1.29 is 14.2 Å². The predicted molar refractivity (Wildman–Crippen MR) is 63.6 cm³/mol. The van der Waals surface area contributed by atoms with Gasteiger partial charge in [0.1, 0.15) is 23.4 Å². The first-order chi connectivity index (χ1) is 8.72. The van der Waals surface area contributed by atoms with Crippen molar-refractivity contribution in [3.05, 3.63) is 59.4 Å². The Morgan fingerprint density at radius 3 is 2.33 bits per heavy atom. The van der Waals surface area contributed by atoms with Gasteiger partial charge in [0.05, 0.1) is 12.2 Å². The number of halogens is 1. The molecule has 0 saturated heterocycles. The van der Waals surface area contributed by atoms with Gasteiger partial charge in [-0.25, -0.2) is 4.39 Å². The van der Waals surface area contributed by atoms with Gasteiger partial charge in [0.15, 0.2) is 0 Å². The zero-order chi connectivity index (χ0) is 13.0. The fourth-order valence-electron chi connectivity index (χ4n) is 1.45. The van der Waals surface area contributed by atoms with E-state index in [2.05, 4.69) is 0 Å². The Kier molecular flexibility index (Phi) is 3.56. The maximum absolute atomic E-state index is 13.3. The van der Waals surface area contributed by atoms with Crippen LogP contribution in [0.4, 0.5) is 4.39 Å². The highest BCUT2D eigenvalue weighted by atomic mass is 19.1. The van der Waals surface area contributed by atoms with Gasteiger partial charge >= 0.3 is 0 Å². The number of aliphatic hydroxyl groups is 1. The molecule has 0 amide bonds. The Bertz CT molecular complexity index is 588. The molecule has 0 atom stereocenters. The Balaban J connectivity index is 2.18. The molecule has 1 N–H and O–H groups in total. The molecule has 4 heteroatoms. The molecule has 18 heavy (non-hydrogen) atoms. The minimum absolute atomic E-state index is 0.0158. The van der Waals surface area contributed by atoms with Crippen molar-refractivity contribution in [2.75, 3.05) is 0 Å². The monoisotopic (exact) mass is 243 g/mol. The van der Waals surface area contributed by atoms with Crippen LogP contribution in [0.3, 0.4) is 0 Å². The van der Waals surface area contributed by atoms with Gasteiger partial charge in [0.25, 0.3) is 0 Å². The van der Waals surface area contributed by atoms with Gasteiger partial charge in [-0.2, -0.15) is 5.26 Å². The lowest BCUT2D eigenvalue weighted by atomic mass is 10.2. The molecule has 3 nitrogen and oxygen atoms in total. The molecule has 0 aliphatic heterocycles. The second kappa shape index (κ2) is 5.30. The van der Waals surface area contributed by atoms with Crippen molar-refractivity contribution in [1.29, 1.82) is 5.26 Å². The summed E-state index contributed by atoms with van der Waals surface area (Å²) in [6.45, 7) is -0.0359. The quantitative estimate of drug-likeness (QED) is 0.901. The van der Waals surface area contributed by atoms with E-state index < -0.39 is 5.82 Å². The van der Waals surface area contributed by atoms with Crippen LogP contribution in [0.5, 0.6) is 11.5 Å². The Labute approximate surface area is 104 Å². The summed E-state index contributed by atoms with van der Waals surface area (Å²) in [6.07, 6.45) is 0. The number of nitrogens with zero attached hydrogens (tertiary/aromatic N) is 1. The molecule has 0 saturated carbocycles. The third-order valence-electron chi connectivity index (χ3n) is 2.40. The summed E-state index contributed by atoms with van der Waals surface area (Å²) < 4.78 is 18.8. The molecule has 0 bridgehead atoms. The van der Waals surface area contributed by atoms with E-state index in [1.54, 1.807) is 30.3 Å². The standard InChI is InChI=1S/C14H10FNO2/c15-14-7-13(6-3-11(14)8-16)18-12-4-1-10(9-17)2-5-12/h1-7,17H,9H2. The average Bonchev–Trinajstić information content (AvgIpc) is 2.40. The van der Waals surface area contributed by atoms with Gasteiger partial charge < -0.3 is 9.84 Å². The molecule has 0 radical (unpaired) electrons. The summed E-state index contributed by atoms with van der Waals surface area (Å²) >= 11 is 0. The Morgan fingerprint density at radius 1 is 1.11 bits per heavy atom. The SMILES string of the molecule is N#Cc1ccc(Oc2ccc(CO)cc2)cc1F. The van der Waals surface area contributed by atoms with E-state index in [0.717, 1.165) is 5.56 Å². The smallest absolute Gasteiger partial charge is 0.144 e. The van der Waals surface area contributed by atoms with Crippen molar-refractivity contribution in [2.45, 2.75) is 6.61 Å². The highest BCUT2D eigenvalue weighted by Crippen LogP contribution is 2.23. The lowest BCUT2D eigenvalue weighted by molar-refractivity contribution is 0.281. The number of rotatable bonds is 3. The fraction of sp³-hybridized carbons (Fsp3) is 0.0714. The van der Waals surface area contributed by atoms with Crippen LogP contribution in [-0.2, 0) is 6.61 Å². The molecule has 0 aliphatic carbocycles. The van der Waals surface area contributed by atoms with E-state index in [4.69, 9.17) is 15.1 Å². The molecule has 0 spiro atoms. The van der Waals surface area contributed by atoms with E-state index >= 15 is 0 Å². The Hall–Kier alpha value is -2.38.